The summed E-state index contributed by atoms with van der Waals surface area (Å²) in [5, 5.41) is 3.71. The van der Waals surface area contributed by atoms with Gasteiger partial charge in [0.25, 0.3) is 0 Å². The highest BCUT2D eigenvalue weighted by atomic mass is 127. The van der Waals surface area contributed by atoms with Crippen LogP contribution in [0.3, 0.4) is 0 Å². The van der Waals surface area contributed by atoms with Gasteiger partial charge in [-0.3, -0.25) is 9.78 Å². The van der Waals surface area contributed by atoms with E-state index in [9.17, 15) is 9.70 Å². The molecule has 1 amide bonds. The fourth-order valence-corrected chi connectivity index (χ4v) is 2.93. The Labute approximate surface area is 140 Å². The molecule has 0 spiro atoms. The van der Waals surface area contributed by atoms with E-state index in [-0.39, 0.29) is 12.5 Å². The van der Waals surface area contributed by atoms with Crippen LogP contribution in [-0.4, -0.2) is 42.5 Å². The molecule has 0 radical (unpaired) electrons. The van der Waals surface area contributed by atoms with Gasteiger partial charge in [-0.1, -0.05) is 0 Å². The normalized spacial score (nSPS) is 15.3. The van der Waals surface area contributed by atoms with Crippen molar-refractivity contribution in [2.24, 2.45) is 5.18 Å². The number of aromatic nitrogens is 1. The van der Waals surface area contributed by atoms with E-state index in [0.29, 0.717) is 35.4 Å². The smallest absolute Gasteiger partial charge is 0.241 e. The number of rotatable bonds is 3. The minimum absolute atomic E-state index is 0.0399. The molecule has 0 atom stereocenters. The third kappa shape index (κ3) is 2.47. The van der Waals surface area contributed by atoms with Crippen molar-refractivity contribution in [3.8, 4) is 5.75 Å². The van der Waals surface area contributed by atoms with Gasteiger partial charge in [0.05, 0.1) is 17.6 Å². The number of piperazine rings is 1. The lowest BCUT2D eigenvalue weighted by atomic mass is 10.1. The number of fused-ring (bicyclic) bond motifs is 1. The van der Waals surface area contributed by atoms with Crippen molar-refractivity contribution >= 4 is 51.2 Å². The second-order valence-electron chi connectivity index (χ2n) is 5.04. The standard InChI is InChI=1S/C14H13IN4O3/c1-18-6-7-19(8-12(18)20)10-4-5-16-14-11(22-15)3-2-9(17-21)13(10)14/h2-5H,6-8H2,1H3. The number of carbonyl (C=O) groups is 1. The number of nitroso groups, excluding NO2 is 1. The molecule has 0 bridgehead atoms. The maximum Gasteiger partial charge on any atom is 0.241 e. The largest absolute Gasteiger partial charge is 0.425 e. The van der Waals surface area contributed by atoms with E-state index in [0.717, 1.165) is 5.69 Å². The first kappa shape index (κ1) is 14.9. The zero-order valence-electron chi connectivity index (χ0n) is 11.8. The maximum atomic E-state index is 11.9. The average molecular weight is 412 g/mol. The van der Waals surface area contributed by atoms with Gasteiger partial charge < -0.3 is 12.9 Å². The highest BCUT2D eigenvalue weighted by Gasteiger charge is 2.24. The van der Waals surface area contributed by atoms with E-state index in [1.165, 1.54) is 0 Å². The first-order chi connectivity index (χ1) is 10.7. The Morgan fingerprint density at radius 1 is 1.32 bits per heavy atom. The molecule has 0 N–H and O–H groups in total. The summed E-state index contributed by atoms with van der Waals surface area (Å²) in [5.74, 6) is 0.600. The molecule has 1 aliphatic heterocycles. The van der Waals surface area contributed by atoms with Gasteiger partial charge in [0, 0.05) is 26.3 Å². The lowest BCUT2D eigenvalue weighted by molar-refractivity contribution is -0.129. The first-order valence-corrected chi connectivity index (χ1v) is 7.56. The Hall–Kier alpha value is -1.97. The van der Waals surface area contributed by atoms with Crippen molar-refractivity contribution < 1.29 is 7.86 Å². The molecule has 1 aliphatic rings. The van der Waals surface area contributed by atoms with Crippen molar-refractivity contribution in [1.29, 1.82) is 0 Å². The van der Waals surface area contributed by atoms with Crippen molar-refractivity contribution in [2.45, 2.75) is 0 Å². The molecular weight excluding hydrogens is 399 g/mol. The Bertz CT molecular complexity index is 752. The van der Waals surface area contributed by atoms with E-state index < -0.39 is 0 Å². The molecule has 8 heteroatoms. The number of hydrogen-bond acceptors (Lipinski definition) is 6. The van der Waals surface area contributed by atoms with Crippen LogP contribution < -0.4 is 7.97 Å². The molecule has 1 aromatic carbocycles. The SMILES string of the molecule is CN1CCN(c2ccnc3c(OI)ccc(N=O)c23)CC1=O. The second-order valence-corrected chi connectivity index (χ2v) is 5.48. The number of hydrogen-bond donors (Lipinski definition) is 0. The number of nitrogens with zero attached hydrogens (tertiary/aromatic N) is 4. The average Bonchev–Trinajstić information content (AvgIpc) is 2.55. The van der Waals surface area contributed by atoms with Gasteiger partial charge in [-0.15, -0.1) is 4.91 Å². The van der Waals surface area contributed by atoms with E-state index in [4.69, 9.17) is 3.07 Å². The van der Waals surface area contributed by atoms with Crippen LogP contribution >= 0.6 is 23.0 Å². The van der Waals surface area contributed by atoms with E-state index in [1.54, 1.807) is 59.3 Å². The van der Waals surface area contributed by atoms with Crippen LogP contribution in [-0.2, 0) is 4.79 Å². The van der Waals surface area contributed by atoms with Crippen LogP contribution in [0.15, 0.2) is 29.6 Å². The van der Waals surface area contributed by atoms with Gasteiger partial charge in [0.1, 0.15) is 11.2 Å². The predicted molar refractivity (Wildman–Crippen MR) is 91.7 cm³/mol. The maximum absolute atomic E-state index is 11.9. The van der Waals surface area contributed by atoms with Crippen LogP contribution in [0.25, 0.3) is 10.9 Å². The van der Waals surface area contributed by atoms with Crippen LogP contribution in [0, 0.1) is 4.91 Å². The third-order valence-corrected chi connectivity index (χ3v) is 4.26. The molecule has 7 nitrogen and oxygen atoms in total. The Balaban J connectivity index is 2.17. The van der Waals surface area contributed by atoms with E-state index in [1.807, 2.05) is 4.90 Å². The minimum atomic E-state index is 0.0399. The number of pyridine rings is 1. The topological polar surface area (TPSA) is 75.1 Å². The summed E-state index contributed by atoms with van der Waals surface area (Å²) in [5.41, 5.74) is 1.63. The molecule has 3 rings (SSSR count). The van der Waals surface area contributed by atoms with Crippen molar-refractivity contribution in [1.82, 2.24) is 9.88 Å². The van der Waals surface area contributed by atoms with Crippen molar-refractivity contribution in [3.05, 3.63) is 29.3 Å². The summed E-state index contributed by atoms with van der Waals surface area (Å²) in [6, 6.07) is 5.07. The van der Waals surface area contributed by atoms with Crippen LogP contribution in [0.5, 0.6) is 5.75 Å². The van der Waals surface area contributed by atoms with Crippen LogP contribution in [0.1, 0.15) is 0 Å². The molecule has 0 aliphatic carbocycles. The van der Waals surface area contributed by atoms with Crippen molar-refractivity contribution in [2.75, 3.05) is 31.6 Å². The summed E-state index contributed by atoms with van der Waals surface area (Å²) >= 11 is 1.77. The number of likely N-dealkylation sites (N-methyl/N-ethyl adjacent to an activating group) is 1. The predicted octanol–water partition coefficient (Wildman–Crippen LogP) is 2.64. The molecular formula is C14H13IN4O3. The fraction of sp³-hybridized carbons (Fsp3) is 0.286. The fourth-order valence-electron chi connectivity index (χ4n) is 2.57. The number of amides is 1. The zero-order chi connectivity index (χ0) is 15.7. The highest BCUT2D eigenvalue weighted by molar-refractivity contribution is 14.1. The molecule has 0 saturated carbocycles. The number of benzene rings is 1. The summed E-state index contributed by atoms with van der Waals surface area (Å²) < 4.78 is 5.28. The van der Waals surface area contributed by atoms with Gasteiger partial charge in [-0.05, 0) is 23.4 Å². The van der Waals surface area contributed by atoms with Gasteiger partial charge in [-0.2, -0.15) is 0 Å². The van der Waals surface area contributed by atoms with Gasteiger partial charge in [0.2, 0.25) is 5.91 Å². The lowest BCUT2D eigenvalue weighted by Crippen LogP contribution is -2.48. The second kappa shape index (κ2) is 6.03. The quantitative estimate of drug-likeness (QED) is 0.573. The summed E-state index contributed by atoms with van der Waals surface area (Å²) in [4.78, 5) is 31.0. The van der Waals surface area contributed by atoms with Crippen LogP contribution in [0.4, 0.5) is 11.4 Å². The summed E-state index contributed by atoms with van der Waals surface area (Å²) in [6.07, 6.45) is 1.65. The zero-order valence-corrected chi connectivity index (χ0v) is 14.0. The number of anilines is 1. The van der Waals surface area contributed by atoms with Gasteiger partial charge >= 0.3 is 0 Å². The van der Waals surface area contributed by atoms with Gasteiger partial charge in [-0.25, -0.2) is 0 Å². The number of carbonyl (C=O) groups excluding carboxylic acids is 1. The molecule has 1 aromatic heterocycles. The summed E-state index contributed by atoms with van der Waals surface area (Å²) in [7, 11) is 1.78. The highest BCUT2D eigenvalue weighted by Crippen LogP contribution is 2.39. The van der Waals surface area contributed by atoms with E-state index in [2.05, 4.69) is 10.2 Å². The van der Waals surface area contributed by atoms with Crippen molar-refractivity contribution in [3.63, 3.8) is 0 Å². The molecule has 1 fully saturated rings. The van der Waals surface area contributed by atoms with Crippen LogP contribution in [0.2, 0.25) is 0 Å². The first-order valence-electron chi connectivity index (χ1n) is 6.68. The minimum Gasteiger partial charge on any atom is -0.425 e. The molecule has 2 heterocycles. The Kier molecular flexibility index (Phi) is 4.10. The molecule has 1 saturated heterocycles. The van der Waals surface area contributed by atoms with Gasteiger partial charge in [0.15, 0.2) is 28.8 Å². The molecule has 0 unspecified atom stereocenters. The monoisotopic (exact) mass is 412 g/mol. The Morgan fingerprint density at radius 2 is 2.14 bits per heavy atom. The lowest BCUT2D eigenvalue weighted by Gasteiger charge is -2.34. The van der Waals surface area contributed by atoms with E-state index >= 15 is 0 Å². The molecule has 114 valence electrons. The molecule has 2 aromatic rings. The Morgan fingerprint density at radius 3 is 2.82 bits per heavy atom. The summed E-state index contributed by atoms with van der Waals surface area (Å²) in [6.45, 7) is 1.59. The number of halogens is 1. The molecule has 22 heavy (non-hydrogen) atoms. The third-order valence-electron chi connectivity index (χ3n) is 3.79.